The van der Waals surface area contributed by atoms with E-state index in [2.05, 4.69) is 9.97 Å². The molecule has 1 N–H and O–H groups in total. The minimum atomic E-state index is -4.85. The van der Waals surface area contributed by atoms with Gasteiger partial charge in [0.25, 0.3) is 5.56 Å². The van der Waals surface area contributed by atoms with Gasteiger partial charge in [0.1, 0.15) is 0 Å². The van der Waals surface area contributed by atoms with Crippen molar-refractivity contribution < 1.29 is 12.9 Å². The number of aromatic nitrogens is 2. The average Bonchev–Trinajstić information content (AvgIpc) is 2.06. The van der Waals surface area contributed by atoms with Crippen LogP contribution in [0.3, 0.4) is 0 Å². The second kappa shape index (κ2) is 4.08. The Morgan fingerprint density at radius 2 is 2.21 bits per heavy atom. The van der Waals surface area contributed by atoms with Gasteiger partial charge < -0.3 is 17.9 Å². The lowest BCUT2D eigenvalue weighted by molar-refractivity contribution is 0.485. The predicted molar refractivity (Wildman–Crippen MR) is 49.4 cm³/mol. The van der Waals surface area contributed by atoms with Gasteiger partial charge in [0, 0.05) is 11.8 Å². The third kappa shape index (κ3) is 3.45. The molecule has 0 saturated heterocycles. The third-order valence-electron chi connectivity index (χ3n) is 1.36. The van der Waals surface area contributed by atoms with Crippen molar-refractivity contribution in [2.45, 2.75) is 12.1 Å². The molecule has 3 nitrogen and oxygen atoms in total. The number of aromatic amines is 1. The SMILES string of the molecule is Cc1cnc(SC[B-](F)(F)F)[nH]c1=O. The molecule has 0 saturated carbocycles. The number of rotatable bonds is 3. The molecule has 0 spiro atoms. The van der Waals surface area contributed by atoms with Gasteiger partial charge >= 0.3 is 6.98 Å². The maximum absolute atomic E-state index is 11.8. The Morgan fingerprint density at radius 3 is 2.71 bits per heavy atom. The number of nitrogens with zero attached hydrogens (tertiary/aromatic N) is 1. The van der Waals surface area contributed by atoms with Crippen molar-refractivity contribution in [2.24, 2.45) is 0 Å². The Balaban J connectivity index is 2.70. The summed E-state index contributed by atoms with van der Waals surface area (Å²) in [7, 11) is 0. The molecule has 78 valence electrons. The van der Waals surface area contributed by atoms with E-state index < -0.39 is 18.2 Å². The van der Waals surface area contributed by atoms with Gasteiger partial charge in [0.2, 0.25) is 0 Å². The van der Waals surface area contributed by atoms with Crippen LogP contribution in [0, 0.1) is 6.92 Å². The number of nitrogens with one attached hydrogen (secondary N) is 1. The summed E-state index contributed by atoms with van der Waals surface area (Å²) in [6.45, 7) is -3.31. The number of hydrogen-bond donors (Lipinski definition) is 1. The Hall–Kier alpha value is -0.915. The second-order valence-electron chi connectivity index (χ2n) is 2.72. The van der Waals surface area contributed by atoms with Gasteiger partial charge in [0.05, 0.1) is 0 Å². The van der Waals surface area contributed by atoms with Crippen LogP contribution >= 0.6 is 11.8 Å². The first-order valence-electron chi connectivity index (χ1n) is 3.78. The number of H-pyrrole nitrogens is 1. The first-order valence-corrected chi connectivity index (χ1v) is 4.77. The van der Waals surface area contributed by atoms with E-state index in [0.29, 0.717) is 17.3 Å². The van der Waals surface area contributed by atoms with Crippen LogP contribution in [0.2, 0.25) is 0 Å². The van der Waals surface area contributed by atoms with Crippen molar-refractivity contribution in [2.75, 3.05) is 5.65 Å². The summed E-state index contributed by atoms with van der Waals surface area (Å²) in [6.07, 6.45) is 1.25. The molecular weight excluding hydrogens is 216 g/mol. The Labute approximate surface area is 82.2 Å². The van der Waals surface area contributed by atoms with Crippen molar-refractivity contribution in [3.8, 4) is 0 Å². The summed E-state index contributed by atoms with van der Waals surface area (Å²) in [5.74, 6) is 0. The fourth-order valence-electron chi connectivity index (χ4n) is 0.689. The van der Waals surface area contributed by atoms with Gasteiger partial charge in [-0.3, -0.25) is 4.79 Å². The van der Waals surface area contributed by atoms with Gasteiger partial charge in [0.15, 0.2) is 5.16 Å². The number of thioether (sulfide) groups is 1. The monoisotopic (exact) mass is 223 g/mol. The van der Waals surface area contributed by atoms with E-state index in [9.17, 15) is 17.7 Å². The summed E-state index contributed by atoms with van der Waals surface area (Å²) in [5, 5.41) is -0.000185. The van der Waals surface area contributed by atoms with Gasteiger partial charge in [-0.15, -0.1) is 11.8 Å². The van der Waals surface area contributed by atoms with Gasteiger partial charge in [-0.2, -0.15) is 0 Å². The normalized spacial score (nSPS) is 11.7. The fraction of sp³-hybridized carbons (Fsp3) is 0.333. The highest BCUT2D eigenvalue weighted by atomic mass is 32.2. The average molecular weight is 223 g/mol. The molecule has 1 aromatic heterocycles. The molecule has 1 rings (SSSR count). The van der Waals surface area contributed by atoms with Crippen LogP contribution in [0.1, 0.15) is 5.56 Å². The Bertz CT molecular complexity index is 378. The molecule has 0 unspecified atom stereocenters. The molecule has 8 heteroatoms. The van der Waals surface area contributed by atoms with E-state index in [1.165, 1.54) is 13.1 Å². The van der Waals surface area contributed by atoms with Crippen LogP contribution in [-0.4, -0.2) is 22.6 Å². The molecular formula is C6H7BF3N2OS-. The van der Waals surface area contributed by atoms with Crippen LogP contribution in [0.15, 0.2) is 16.1 Å². The van der Waals surface area contributed by atoms with E-state index in [0.717, 1.165) is 0 Å². The zero-order valence-corrected chi connectivity index (χ0v) is 8.08. The topological polar surface area (TPSA) is 45.8 Å². The molecule has 1 aromatic rings. The molecule has 0 fully saturated rings. The lowest BCUT2D eigenvalue weighted by Crippen LogP contribution is -2.20. The molecule has 1 heterocycles. The first kappa shape index (κ1) is 11.2. The molecule has 0 aromatic carbocycles. The summed E-state index contributed by atoms with van der Waals surface area (Å²) in [4.78, 5) is 16.9. The molecule has 0 aliphatic rings. The zero-order chi connectivity index (χ0) is 10.8. The van der Waals surface area contributed by atoms with Crippen molar-refractivity contribution in [3.63, 3.8) is 0 Å². The van der Waals surface area contributed by atoms with Crippen LogP contribution in [0.4, 0.5) is 12.9 Å². The predicted octanol–water partition coefficient (Wildman–Crippen LogP) is 1.56. The first-order chi connectivity index (χ1) is 6.38. The largest absolute Gasteiger partial charge is 0.488 e. The zero-order valence-electron chi connectivity index (χ0n) is 7.26. The smallest absolute Gasteiger partial charge is 0.448 e. The number of halogens is 3. The summed E-state index contributed by atoms with van der Waals surface area (Å²) >= 11 is 0.486. The highest BCUT2D eigenvalue weighted by Gasteiger charge is 2.23. The minimum Gasteiger partial charge on any atom is -0.448 e. The van der Waals surface area contributed by atoms with Crippen molar-refractivity contribution >= 4 is 18.7 Å². The Morgan fingerprint density at radius 1 is 1.57 bits per heavy atom. The highest BCUT2D eigenvalue weighted by molar-refractivity contribution is 8.00. The van der Waals surface area contributed by atoms with E-state index in [-0.39, 0.29) is 5.16 Å². The molecule has 0 radical (unpaired) electrons. The molecule has 0 bridgehead atoms. The summed E-state index contributed by atoms with van der Waals surface area (Å²) in [5.41, 5.74) is -1.02. The maximum Gasteiger partial charge on any atom is 0.488 e. The lowest BCUT2D eigenvalue weighted by Gasteiger charge is -2.11. The lowest BCUT2D eigenvalue weighted by atomic mass is 9.98. The quantitative estimate of drug-likeness (QED) is 0.480. The summed E-state index contributed by atoms with van der Waals surface area (Å²) in [6, 6.07) is 0. The molecule has 0 aliphatic heterocycles. The van der Waals surface area contributed by atoms with E-state index in [1.807, 2.05) is 0 Å². The maximum atomic E-state index is 11.8. The van der Waals surface area contributed by atoms with Crippen molar-refractivity contribution in [1.29, 1.82) is 0 Å². The van der Waals surface area contributed by atoms with E-state index in [4.69, 9.17) is 0 Å². The third-order valence-corrected chi connectivity index (χ3v) is 2.39. The van der Waals surface area contributed by atoms with Crippen LogP contribution in [0.5, 0.6) is 0 Å². The fourth-order valence-corrected chi connectivity index (χ4v) is 1.33. The molecule has 0 atom stereocenters. The van der Waals surface area contributed by atoms with Crippen LogP contribution < -0.4 is 5.56 Å². The van der Waals surface area contributed by atoms with Gasteiger partial charge in [-0.05, 0) is 12.6 Å². The second-order valence-corrected chi connectivity index (χ2v) is 3.73. The molecule has 14 heavy (non-hydrogen) atoms. The minimum absolute atomic E-state index is 0.000185. The number of aryl methyl sites for hydroxylation is 1. The Kier molecular flexibility index (Phi) is 3.25. The van der Waals surface area contributed by atoms with Crippen LogP contribution in [0.25, 0.3) is 0 Å². The van der Waals surface area contributed by atoms with Gasteiger partial charge in [-0.1, -0.05) is 0 Å². The van der Waals surface area contributed by atoms with E-state index >= 15 is 0 Å². The standard InChI is InChI=1S/C6H7BF3N2OS/c1-4-2-11-6(12-5(4)13)14-3-7(8,9)10/h2H,3H2,1H3,(H,11,12,13)/q-1. The summed E-state index contributed by atoms with van der Waals surface area (Å²) < 4.78 is 35.5. The molecule has 0 amide bonds. The van der Waals surface area contributed by atoms with Crippen molar-refractivity contribution in [1.82, 2.24) is 9.97 Å². The number of hydrogen-bond acceptors (Lipinski definition) is 3. The van der Waals surface area contributed by atoms with Crippen LogP contribution in [-0.2, 0) is 0 Å². The van der Waals surface area contributed by atoms with Gasteiger partial charge in [-0.25, -0.2) is 4.98 Å². The van der Waals surface area contributed by atoms with Crippen molar-refractivity contribution in [3.05, 3.63) is 22.1 Å². The highest BCUT2D eigenvalue weighted by Crippen LogP contribution is 2.20. The molecule has 0 aliphatic carbocycles. The van der Waals surface area contributed by atoms with E-state index in [1.54, 1.807) is 0 Å².